The van der Waals surface area contributed by atoms with Gasteiger partial charge < -0.3 is 9.47 Å². The summed E-state index contributed by atoms with van der Waals surface area (Å²) in [7, 11) is -2.40. The number of cyclic esters (lactones) is 1. The molecule has 4 rings (SSSR count). The number of allylic oxidation sites excluding steroid dienone is 2. The molecule has 0 unspecified atom stereocenters. The first-order valence-corrected chi connectivity index (χ1v) is 8.73. The van der Waals surface area contributed by atoms with Crippen LogP contribution in [0.25, 0.3) is 0 Å². The van der Waals surface area contributed by atoms with Crippen molar-refractivity contribution in [2.45, 2.75) is 22.4 Å². The standard InChI is InChI=1S/C16H16O5S/c1-20-15-16(22(18,19)12-5-3-2-4-6-12)11-8-7-10(9-11)13(16)14(17)21-15/h2-8,10-11,13,15H,9H2,1H3/t10-,11+,13-,15-,16+/m1/s1. The topological polar surface area (TPSA) is 69.7 Å². The zero-order chi connectivity index (χ0) is 15.5. The molecule has 0 N–H and O–H groups in total. The number of sulfone groups is 1. The first-order chi connectivity index (χ1) is 10.5. The minimum absolute atomic E-state index is 0.0869. The number of hydrogen-bond acceptors (Lipinski definition) is 5. The van der Waals surface area contributed by atoms with E-state index in [2.05, 4.69) is 0 Å². The third-order valence-corrected chi connectivity index (χ3v) is 7.76. The zero-order valence-electron chi connectivity index (χ0n) is 12.0. The molecule has 1 aromatic rings. The molecule has 1 saturated heterocycles. The number of carbonyl (C=O) groups excluding carboxylic acids is 1. The lowest BCUT2D eigenvalue weighted by Gasteiger charge is -2.36. The molecule has 0 radical (unpaired) electrons. The average molecular weight is 320 g/mol. The van der Waals surface area contributed by atoms with Crippen molar-refractivity contribution in [3.8, 4) is 0 Å². The molecule has 116 valence electrons. The van der Waals surface area contributed by atoms with Gasteiger partial charge in [-0.1, -0.05) is 30.4 Å². The fraction of sp³-hybridized carbons (Fsp3) is 0.438. The summed E-state index contributed by atoms with van der Waals surface area (Å²) in [5.41, 5.74) is 0. The van der Waals surface area contributed by atoms with Gasteiger partial charge in [0.2, 0.25) is 6.29 Å². The molecular weight excluding hydrogens is 304 g/mol. The minimum atomic E-state index is -3.78. The third-order valence-electron chi connectivity index (χ3n) is 5.19. The Labute approximate surface area is 128 Å². The van der Waals surface area contributed by atoms with Crippen molar-refractivity contribution in [2.75, 3.05) is 7.11 Å². The summed E-state index contributed by atoms with van der Waals surface area (Å²) in [5, 5.41) is 0. The van der Waals surface area contributed by atoms with E-state index in [1.54, 1.807) is 30.3 Å². The van der Waals surface area contributed by atoms with Crippen LogP contribution in [0.15, 0.2) is 47.4 Å². The van der Waals surface area contributed by atoms with E-state index in [0.29, 0.717) is 6.42 Å². The molecule has 1 saturated carbocycles. The van der Waals surface area contributed by atoms with Crippen LogP contribution in [0.5, 0.6) is 0 Å². The Morgan fingerprint density at radius 3 is 2.64 bits per heavy atom. The van der Waals surface area contributed by atoms with Gasteiger partial charge in [0.05, 0.1) is 10.8 Å². The summed E-state index contributed by atoms with van der Waals surface area (Å²) in [6.45, 7) is 0. The van der Waals surface area contributed by atoms with E-state index < -0.39 is 32.8 Å². The molecule has 0 aromatic heterocycles. The summed E-state index contributed by atoms with van der Waals surface area (Å²) in [6, 6.07) is 8.25. The highest BCUT2D eigenvalue weighted by molar-refractivity contribution is 7.93. The molecule has 3 aliphatic rings. The van der Waals surface area contributed by atoms with Crippen molar-refractivity contribution in [3.63, 3.8) is 0 Å². The molecule has 5 atom stereocenters. The second-order valence-electron chi connectivity index (χ2n) is 6.04. The van der Waals surface area contributed by atoms with E-state index in [0.717, 1.165) is 0 Å². The normalized spacial score (nSPS) is 39.0. The molecule has 1 aromatic carbocycles. The van der Waals surface area contributed by atoms with Crippen LogP contribution in [0.1, 0.15) is 6.42 Å². The van der Waals surface area contributed by atoms with Crippen LogP contribution in [0.2, 0.25) is 0 Å². The van der Waals surface area contributed by atoms with Crippen molar-refractivity contribution < 1.29 is 22.7 Å². The molecular formula is C16H16O5S. The van der Waals surface area contributed by atoms with Crippen molar-refractivity contribution in [2.24, 2.45) is 17.8 Å². The fourth-order valence-electron chi connectivity index (χ4n) is 4.35. The molecule has 1 heterocycles. The van der Waals surface area contributed by atoms with Gasteiger partial charge in [0.25, 0.3) is 0 Å². The Morgan fingerprint density at radius 1 is 1.23 bits per heavy atom. The Kier molecular flexibility index (Phi) is 2.81. The van der Waals surface area contributed by atoms with Gasteiger partial charge in [-0.3, -0.25) is 4.79 Å². The lowest BCUT2D eigenvalue weighted by molar-refractivity contribution is -0.162. The van der Waals surface area contributed by atoms with E-state index in [4.69, 9.17) is 9.47 Å². The van der Waals surface area contributed by atoms with E-state index in [-0.39, 0.29) is 16.7 Å². The van der Waals surface area contributed by atoms with E-state index >= 15 is 0 Å². The molecule has 2 fully saturated rings. The molecule has 0 spiro atoms. The van der Waals surface area contributed by atoms with Gasteiger partial charge in [0.15, 0.2) is 14.6 Å². The number of rotatable bonds is 3. The zero-order valence-corrected chi connectivity index (χ0v) is 12.8. The quantitative estimate of drug-likeness (QED) is 0.624. The van der Waals surface area contributed by atoms with Gasteiger partial charge in [0, 0.05) is 13.0 Å². The van der Waals surface area contributed by atoms with Gasteiger partial charge in [-0.15, -0.1) is 0 Å². The van der Waals surface area contributed by atoms with Crippen LogP contribution in [0, 0.1) is 17.8 Å². The maximum atomic E-state index is 13.4. The number of hydrogen-bond donors (Lipinski definition) is 0. The smallest absolute Gasteiger partial charge is 0.313 e. The number of carbonyl (C=O) groups is 1. The molecule has 0 amide bonds. The van der Waals surface area contributed by atoms with Crippen molar-refractivity contribution in [1.29, 1.82) is 0 Å². The molecule has 2 bridgehead atoms. The maximum Gasteiger partial charge on any atom is 0.313 e. The fourth-order valence-corrected chi connectivity index (χ4v) is 6.85. The number of esters is 1. The van der Waals surface area contributed by atoms with Gasteiger partial charge in [-0.2, -0.15) is 0 Å². The van der Waals surface area contributed by atoms with Gasteiger partial charge in [-0.05, 0) is 24.5 Å². The van der Waals surface area contributed by atoms with Crippen molar-refractivity contribution >= 4 is 15.8 Å². The van der Waals surface area contributed by atoms with E-state index in [1.807, 2.05) is 12.2 Å². The van der Waals surface area contributed by atoms with Gasteiger partial charge in [0.1, 0.15) is 0 Å². The first kappa shape index (κ1) is 14.0. The SMILES string of the molecule is CO[C@@H]1OC(=O)[C@H]2[C@@H]3C=C[C@@H](C3)[C@@]12S(=O)(=O)c1ccccc1. The first-order valence-electron chi connectivity index (χ1n) is 7.24. The third kappa shape index (κ3) is 1.42. The number of ether oxygens (including phenoxy) is 2. The Morgan fingerprint density at radius 2 is 1.95 bits per heavy atom. The van der Waals surface area contributed by atoms with Crippen molar-refractivity contribution in [1.82, 2.24) is 0 Å². The molecule has 22 heavy (non-hydrogen) atoms. The van der Waals surface area contributed by atoms with Crippen LogP contribution in [-0.4, -0.2) is 32.5 Å². The molecule has 5 nitrogen and oxygen atoms in total. The Bertz CT molecular complexity index is 754. The van der Waals surface area contributed by atoms with Crippen molar-refractivity contribution in [3.05, 3.63) is 42.5 Å². The monoisotopic (exact) mass is 320 g/mol. The highest BCUT2D eigenvalue weighted by Crippen LogP contribution is 2.61. The van der Waals surface area contributed by atoms with Crippen LogP contribution in [0.3, 0.4) is 0 Å². The summed E-state index contributed by atoms with van der Waals surface area (Å²) in [5.74, 6) is -1.50. The van der Waals surface area contributed by atoms with Gasteiger partial charge >= 0.3 is 5.97 Å². The number of fused-ring (bicyclic) bond motifs is 5. The van der Waals surface area contributed by atoms with Crippen LogP contribution < -0.4 is 0 Å². The minimum Gasteiger partial charge on any atom is -0.434 e. The predicted octanol–water partition coefficient (Wildman–Crippen LogP) is 1.55. The summed E-state index contributed by atoms with van der Waals surface area (Å²) in [4.78, 5) is 12.5. The Balaban J connectivity index is 1.97. The van der Waals surface area contributed by atoms with Crippen LogP contribution in [-0.2, 0) is 24.1 Å². The molecule has 2 aliphatic carbocycles. The maximum absolute atomic E-state index is 13.4. The summed E-state index contributed by atoms with van der Waals surface area (Å²) in [6.07, 6.45) is 3.43. The van der Waals surface area contributed by atoms with Crippen LogP contribution >= 0.6 is 0 Å². The number of methoxy groups -OCH3 is 1. The molecule has 6 heteroatoms. The van der Waals surface area contributed by atoms with E-state index in [1.165, 1.54) is 7.11 Å². The highest BCUT2D eigenvalue weighted by atomic mass is 32.2. The average Bonchev–Trinajstić information content (AvgIpc) is 3.19. The highest BCUT2D eigenvalue weighted by Gasteiger charge is 2.75. The second-order valence-corrected chi connectivity index (χ2v) is 8.23. The lowest BCUT2D eigenvalue weighted by Crippen LogP contribution is -2.54. The molecule has 1 aliphatic heterocycles. The Hall–Kier alpha value is -1.66. The van der Waals surface area contributed by atoms with E-state index in [9.17, 15) is 13.2 Å². The largest absolute Gasteiger partial charge is 0.434 e. The number of benzene rings is 1. The lowest BCUT2D eigenvalue weighted by atomic mass is 9.83. The predicted molar refractivity (Wildman–Crippen MR) is 77.5 cm³/mol. The van der Waals surface area contributed by atoms with Gasteiger partial charge in [-0.25, -0.2) is 8.42 Å². The summed E-state index contributed by atoms with van der Waals surface area (Å²) >= 11 is 0. The summed E-state index contributed by atoms with van der Waals surface area (Å²) < 4.78 is 36.0. The van der Waals surface area contributed by atoms with Crippen LogP contribution in [0.4, 0.5) is 0 Å². The second kappa shape index (κ2) is 4.43.